The van der Waals surface area contributed by atoms with Gasteiger partial charge in [-0.25, -0.2) is 9.37 Å². The van der Waals surface area contributed by atoms with Crippen LogP contribution in [0.4, 0.5) is 10.1 Å². The SMILES string of the molecule is COc1ccc(-c2c(F)ccc3c2/C(=C/c2[nH]cnc2C)C(=O)N3)c(OC)c1. The molecule has 4 rings (SSSR count). The number of amides is 1. The second kappa shape index (κ2) is 6.84. The first kappa shape index (κ1) is 17.8. The number of anilines is 1. The summed E-state index contributed by atoms with van der Waals surface area (Å²) in [4.78, 5) is 19.8. The number of carbonyl (C=O) groups is 1. The van der Waals surface area contributed by atoms with Gasteiger partial charge in [0.25, 0.3) is 5.91 Å². The predicted molar refractivity (Wildman–Crippen MR) is 105 cm³/mol. The quantitative estimate of drug-likeness (QED) is 0.671. The summed E-state index contributed by atoms with van der Waals surface area (Å²) in [6, 6.07) is 8.02. The predicted octanol–water partition coefficient (Wildman–Crippen LogP) is 4.03. The molecule has 1 aliphatic heterocycles. The molecule has 0 bridgehead atoms. The second-order valence-electron chi connectivity index (χ2n) is 6.32. The lowest BCUT2D eigenvalue weighted by atomic mass is 9.93. The number of H-pyrrole nitrogens is 1. The summed E-state index contributed by atoms with van der Waals surface area (Å²) in [5.41, 5.74) is 3.64. The first-order chi connectivity index (χ1) is 13.5. The standard InChI is InChI=1S/C21H18FN3O3/c1-11-17(24-10-23-11)9-14-20-16(25-21(14)26)7-6-15(22)19(20)13-5-4-12(27-2)8-18(13)28-3/h4-10H,1-3H3,(H,23,24)(H,25,26)/b14-9-. The molecule has 1 amide bonds. The zero-order valence-electron chi connectivity index (χ0n) is 15.6. The molecule has 6 nitrogen and oxygen atoms in total. The molecule has 3 aromatic rings. The normalized spacial score (nSPS) is 14.1. The van der Waals surface area contributed by atoms with Gasteiger partial charge in [-0.1, -0.05) is 0 Å². The smallest absolute Gasteiger partial charge is 0.256 e. The van der Waals surface area contributed by atoms with Gasteiger partial charge in [0.2, 0.25) is 0 Å². The Kier molecular flexibility index (Phi) is 4.35. The lowest BCUT2D eigenvalue weighted by Gasteiger charge is -2.14. The molecule has 2 aromatic carbocycles. The lowest BCUT2D eigenvalue weighted by Crippen LogP contribution is -2.03. The van der Waals surface area contributed by atoms with E-state index in [-0.39, 0.29) is 5.91 Å². The van der Waals surface area contributed by atoms with Crippen LogP contribution in [0.5, 0.6) is 11.5 Å². The van der Waals surface area contributed by atoms with E-state index in [0.717, 1.165) is 5.69 Å². The molecule has 2 N–H and O–H groups in total. The van der Waals surface area contributed by atoms with E-state index >= 15 is 4.39 Å². The number of halogens is 1. The number of aromatic nitrogens is 2. The van der Waals surface area contributed by atoms with E-state index in [4.69, 9.17) is 9.47 Å². The van der Waals surface area contributed by atoms with Crippen molar-refractivity contribution in [1.29, 1.82) is 0 Å². The number of carbonyl (C=O) groups excluding carboxylic acids is 1. The number of benzene rings is 2. The van der Waals surface area contributed by atoms with Crippen LogP contribution in [0.1, 0.15) is 17.0 Å². The molecular weight excluding hydrogens is 361 g/mol. The minimum Gasteiger partial charge on any atom is -0.497 e. The molecule has 142 valence electrons. The fourth-order valence-corrected chi connectivity index (χ4v) is 3.33. The molecule has 0 spiro atoms. The molecule has 7 heteroatoms. The number of aromatic amines is 1. The molecule has 0 aliphatic carbocycles. The van der Waals surface area contributed by atoms with Crippen molar-refractivity contribution < 1.29 is 18.7 Å². The van der Waals surface area contributed by atoms with Crippen LogP contribution < -0.4 is 14.8 Å². The van der Waals surface area contributed by atoms with Gasteiger partial charge in [0, 0.05) is 28.4 Å². The number of imidazole rings is 1. The van der Waals surface area contributed by atoms with Crippen LogP contribution in [0.15, 0.2) is 36.7 Å². The molecule has 0 unspecified atom stereocenters. The van der Waals surface area contributed by atoms with E-state index in [1.54, 1.807) is 43.8 Å². The number of ether oxygens (including phenoxy) is 2. The maximum atomic E-state index is 15.0. The Balaban J connectivity index is 1.98. The number of nitrogens with one attached hydrogen (secondary N) is 2. The number of hydrogen-bond donors (Lipinski definition) is 2. The van der Waals surface area contributed by atoms with E-state index in [2.05, 4.69) is 15.3 Å². The highest BCUT2D eigenvalue weighted by molar-refractivity contribution is 6.36. The minimum atomic E-state index is -0.453. The van der Waals surface area contributed by atoms with Gasteiger partial charge in [0.05, 0.1) is 37.5 Å². The fourth-order valence-electron chi connectivity index (χ4n) is 3.33. The molecule has 0 atom stereocenters. The Labute approximate surface area is 161 Å². The van der Waals surface area contributed by atoms with Gasteiger partial charge in [0.15, 0.2) is 0 Å². The van der Waals surface area contributed by atoms with Crippen molar-refractivity contribution in [3.63, 3.8) is 0 Å². The third-order valence-electron chi connectivity index (χ3n) is 4.75. The summed E-state index contributed by atoms with van der Waals surface area (Å²) >= 11 is 0. The largest absolute Gasteiger partial charge is 0.497 e. The Morgan fingerprint density at radius 3 is 2.61 bits per heavy atom. The lowest BCUT2D eigenvalue weighted by molar-refractivity contribution is -0.110. The summed E-state index contributed by atoms with van der Waals surface area (Å²) in [5.74, 6) is 0.281. The third-order valence-corrected chi connectivity index (χ3v) is 4.75. The second-order valence-corrected chi connectivity index (χ2v) is 6.32. The van der Waals surface area contributed by atoms with E-state index in [0.29, 0.717) is 45.1 Å². The number of nitrogens with zero attached hydrogens (tertiary/aromatic N) is 1. The number of rotatable bonds is 4. The first-order valence-electron chi connectivity index (χ1n) is 8.61. The van der Waals surface area contributed by atoms with Gasteiger partial charge in [-0.05, 0) is 37.3 Å². The van der Waals surface area contributed by atoms with Crippen molar-refractivity contribution >= 4 is 23.2 Å². The average Bonchev–Trinajstić information content (AvgIpc) is 3.25. The number of aryl methyl sites for hydroxylation is 1. The van der Waals surface area contributed by atoms with Crippen LogP contribution >= 0.6 is 0 Å². The molecule has 0 saturated heterocycles. The number of fused-ring (bicyclic) bond motifs is 1. The molecule has 0 radical (unpaired) electrons. The third kappa shape index (κ3) is 2.81. The van der Waals surface area contributed by atoms with Gasteiger partial charge in [-0.15, -0.1) is 0 Å². The Morgan fingerprint density at radius 1 is 1.11 bits per heavy atom. The van der Waals surface area contributed by atoms with Crippen LogP contribution in [0.2, 0.25) is 0 Å². The van der Waals surface area contributed by atoms with Crippen molar-refractivity contribution in [2.75, 3.05) is 19.5 Å². The Hall–Kier alpha value is -3.61. The Bertz CT molecular complexity index is 1120. The molecule has 2 heterocycles. The monoisotopic (exact) mass is 379 g/mol. The van der Waals surface area contributed by atoms with Crippen molar-refractivity contribution in [3.8, 4) is 22.6 Å². The number of methoxy groups -OCH3 is 2. The molecule has 0 saturated carbocycles. The highest BCUT2D eigenvalue weighted by Crippen LogP contribution is 2.45. The van der Waals surface area contributed by atoms with Crippen LogP contribution in [0.25, 0.3) is 22.8 Å². The van der Waals surface area contributed by atoms with Crippen LogP contribution in [-0.4, -0.2) is 30.1 Å². The highest BCUT2D eigenvalue weighted by Gasteiger charge is 2.31. The molecule has 1 aliphatic rings. The van der Waals surface area contributed by atoms with Crippen LogP contribution in [0.3, 0.4) is 0 Å². The van der Waals surface area contributed by atoms with E-state index < -0.39 is 5.82 Å². The summed E-state index contributed by atoms with van der Waals surface area (Å²) in [6.45, 7) is 1.83. The maximum absolute atomic E-state index is 15.0. The molecule has 1 aromatic heterocycles. The van der Waals surface area contributed by atoms with Crippen molar-refractivity contribution in [1.82, 2.24) is 9.97 Å². The molecular formula is C21H18FN3O3. The number of hydrogen-bond acceptors (Lipinski definition) is 4. The zero-order chi connectivity index (χ0) is 19.8. The van der Waals surface area contributed by atoms with Crippen LogP contribution in [-0.2, 0) is 4.79 Å². The summed E-state index contributed by atoms with van der Waals surface area (Å²) in [6.07, 6.45) is 3.23. The Morgan fingerprint density at radius 2 is 1.93 bits per heavy atom. The van der Waals surface area contributed by atoms with Gasteiger partial charge >= 0.3 is 0 Å². The first-order valence-corrected chi connectivity index (χ1v) is 8.61. The minimum absolute atomic E-state index is 0.291. The summed E-state index contributed by atoms with van der Waals surface area (Å²) < 4.78 is 25.7. The van der Waals surface area contributed by atoms with Gasteiger partial charge in [-0.2, -0.15) is 0 Å². The fraction of sp³-hybridized carbons (Fsp3) is 0.143. The van der Waals surface area contributed by atoms with E-state index in [1.807, 2.05) is 6.92 Å². The molecule has 28 heavy (non-hydrogen) atoms. The average molecular weight is 379 g/mol. The topological polar surface area (TPSA) is 76.2 Å². The van der Waals surface area contributed by atoms with E-state index in [9.17, 15) is 4.79 Å². The zero-order valence-corrected chi connectivity index (χ0v) is 15.6. The van der Waals surface area contributed by atoms with Crippen molar-refractivity contribution in [2.24, 2.45) is 0 Å². The van der Waals surface area contributed by atoms with Gasteiger partial charge < -0.3 is 19.8 Å². The van der Waals surface area contributed by atoms with Crippen molar-refractivity contribution in [2.45, 2.75) is 6.92 Å². The van der Waals surface area contributed by atoms with E-state index in [1.165, 1.54) is 13.2 Å². The van der Waals surface area contributed by atoms with Gasteiger partial charge in [0.1, 0.15) is 17.3 Å². The van der Waals surface area contributed by atoms with Crippen LogP contribution in [0, 0.1) is 12.7 Å². The summed E-state index contributed by atoms with van der Waals surface area (Å²) in [7, 11) is 3.05. The van der Waals surface area contributed by atoms with Gasteiger partial charge in [-0.3, -0.25) is 4.79 Å². The summed E-state index contributed by atoms with van der Waals surface area (Å²) in [5, 5.41) is 2.80. The highest BCUT2D eigenvalue weighted by atomic mass is 19.1. The van der Waals surface area contributed by atoms with Crippen molar-refractivity contribution in [3.05, 3.63) is 59.4 Å². The maximum Gasteiger partial charge on any atom is 0.256 e. The molecule has 0 fully saturated rings.